The highest BCUT2D eigenvalue weighted by Gasteiger charge is 2.00. The number of carbonyl (C=O) groups is 1. The molecule has 0 radical (unpaired) electrons. The molecule has 0 spiro atoms. The van der Waals surface area contributed by atoms with E-state index in [1.54, 1.807) is 0 Å². The Bertz CT molecular complexity index is 536. The van der Waals surface area contributed by atoms with Crippen LogP contribution in [0.2, 0.25) is 0 Å². The highest BCUT2D eigenvalue weighted by molar-refractivity contribution is 14.0. The molecule has 1 aromatic carbocycles. The highest BCUT2D eigenvalue weighted by Crippen LogP contribution is 2.16. The fraction of sp³-hybridized carbons (Fsp3) is 0.556. The number of rotatable bonds is 9. The average molecular weight is 462 g/mol. The van der Waals surface area contributed by atoms with Gasteiger partial charge < -0.3 is 20.7 Å². The van der Waals surface area contributed by atoms with E-state index in [9.17, 15) is 4.79 Å². The summed E-state index contributed by atoms with van der Waals surface area (Å²) in [6.45, 7) is 10.7. The maximum absolute atomic E-state index is 11.1. The highest BCUT2D eigenvalue weighted by atomic mass is 127. The van der Waals surface area contributed by atoms with Crippen LogP contribution >= 0.6 is 24.0 Å². The van der Waals surface area contributed by atoms with Crippen LogP contribution in [0.15, 0.2) is 29.3 Å². The summed E-state index contributed by atoms with van der Waals surface area (Å²) in [5.74, 6) is 2.09. The second-order valence-electron chi connectivity index (χ2n) is 5.93. The van der Waals surface area contributed by atoms with E-state index in [4.69, 9.17) is 4.74 Å². The monoisotopic (exact) mass is 462 g/mol. The Morgan fingerprint density at radius 3 is 2.68 bits per heavy atom. The van der Waals surface area contributed by atoms with E-state index in [0.29, 0.717) is 19.1 Å². The number of hydrogen-bond donors (Lipinski definition) is 3. The number of nitrogens with zero attached hydrogens (tertiary/aromatic N) is 1. The Labute approximate surface area is 168 Å². The Kier molecular flexibility index (Phi) is 12.9. The number of amides is 1. The SMILES string of the molecule is CCNC(=NCCC(C)C)NCCOc1cccc(NC(C)=O)c1.I. The summed E-state index contributed by atoms with van der Waals surface area (Å²) in [4.78, 5) is 15.6. The van der Waals surface area contributed by atoms with E-state index in [2.05, 4.69) is 34.8 Å². The quantitative estimate of drug-likeness (QED) is 0.228. The van der Waals surface area contributed by atoms with Crippen LogP contribution in [-0.4, -0.2) is 38.1 Å². The molecule has 1 rings (SSSR count). The summed E-state index contributed by atoms with van der Waals surface area (Å²) in [7, 11) is 0. The molecule has 3 N–H and O–H groups in total. The van der Waals surface area contributed by atoms with Crippen LogP contribution in [0.4, 0.5) is 5.69 Å². The molecule has 0 aliphatic heterocycles. The van der Waals surface area contributed by atoms with Crippen molar-refractivity contribution in [2.45, 2.75) is 34.1 Å². The van der Waals surface area contributed by atoms with Crippen molar-refractivity contribution in [3.63, 3.8) is 0 Å². The molecular formula is C18H31IN4O2. The van der Waals surface area contributed by atoms with Crippen molar-refractivity contribution in [3.8, 4) is 5.75 Å². The van der Waals surface area contributed by atoms with E-state index in [1.165, 1.54) is 6.92 Å². The van der Waals surface area contributed by atoms with Crippen molar-refractivity contribution in [1.29, 1.82) is 0 Å². The van der Waals surface area contributed by atoms with Crippen molar-refractivity contribution >= 4 is 41.5 Å². The predicted octanol–water partition coefficient (Wildman–Crippen LogP) is 3.24. The van der Waals surface area contributed by atoms with Gasteiger partial charge in [-0.15, -0.1) is 24.0 Å². The molecule has 142 valence electrons. The normalized spacial score (nSPS) is 10.8. The third kappa shape index (κ3) is 11.6. The maximum atomic E-state index is 11.1. The number of anilines is 1. The molecule has 0 aliphatic rings. The zero-order valence-electron chi connectivity index (χ0n) is 15.6. The lowest BCUT2D eigenvalue weighted by atomic mass is 10.1. The zero-order valence-corrected chi connectivity index (χ0v) is 17.9. The third-order valence-electron chi connectivity index (χ3n) is 3.14. The second-order valence-corrected chi connectivity index (χ2v) is 5.93. The van der Waals surface area contributed by atoms with Gasteiger partial charge in [-0.25, -0.2) is 0 Å². The lowest BCUT2D eigenvalue weighted by molar-refractivity contribution is -0.114. The molecular weight excluding hydrogens is 431 g/mol. The Balaban J connectivity index is 0.00000576. The molecule has 0 fully saturated rings. The second kappa shape index (κ2) is 13.7. The molecule has 1 amide bonds. The Hall–Kier alpha value is -1.51. The van der Waals surface area contributed by atoms with E-state index in [1.807, 2.05) is 31.2 Å². The summed E-state index contributed by atoms with van der Waals surface area (Å²) >= 11 is 0. The molecule has 0 unspecified atom stereocenters. The molecule has 0 heterocycles. The minimum absolute atomic E-state index is 0. The van der Waals surface area contributed by atoms with Crippen LogP contribution in [0.5, 0.6) is 5.75 Å². The Morgan fingerprint density at radius 2 is 2.04 bits per heavy atom. The molecule has 0 saturated heterocycles. The van der Waals surface area contributed by atoms with Crippen molar-refractivity contribution in [2.75, 3.05) is 31.6 Å². The maximum Gasteiger partial charge on any atom is 0.221 e. The number of benzene rings is 1. The summed E-state index contributed by atoms with van der Waals surface area (Å²) in [6.07, 6.45) is 1.07. The van der Waals surface area contributed by atoms with Crippen LogP contribution < -0.4 is 20.7 Å². The summed E-state index contributed by atoms with van der Waals surface area (Å²) in [6, 6.07) is 7.36. The summed E-state index contributed by atoms with van der Waals surface area (Å²) < 4.78 is 5.70. The van der Waals surface area contributed by atoms with Crippen LogP contribution in [0, 0.1) is 5.92 Å². The first-order chi connectivity index (χ1) is 11.5. The lowest BCUT2D eigenvalue weighted by Crippen LogP contribution is -2.39. The van der Waals surface area contributed by atoms with Crippen molar-refractivity contribution < 1.29 is 9.53 Å². The molecule has 7 heteroatoms. The van der Waals surface area contributed by atoms with Crippen LogP contribution in [0.1, 0.15) is 34.1 Å². The molecule has 0 bridgehead atoms. The first-order valence-corrected chi connectivity index (χ1v) is 8.54. The average Bonchev–Trinajstić information content (AvgIpc) is 2.51. The number of aliphatic imine (C=N–C) groups is 1. The fourth-order valence-electron chi connectivity index (χ4n) is 1.98. The van der Waals surface area contributed by atoms with Gasteiger partial charge in [-0.3, -0.25) is 9.79 Å². The van der Waals surface area contributed by atoms with Crippen LogP contribution in [0.25, 0.3) is 0 Å². The van der Waals surface area contributed by atoms with Gasteiger partial charge in [-0.05, 0) is 31.4 Å². The van der Waals surface area contributed by atoms with Gasteiger partial charge in [0.1, 0.15) is 12.4 Å². The molecule has 1 aromatic rings. The third-order valence-corrected chi connectivity index (χ3v) is 3.14. The minimum Gasteiger partial charge on any atom is -0.492 e. The van der Waals surface area contributed by atoms with Crippen LogP contribution in [-0.2, 0) is 4.79 Å². The first-order valence-electron chi connectivity index (χ1n) is 8.54. The smallest absolute Gasteiger partial charge is 0.221 e. The fourth-order valence-corrected chi connectivity index (χ4v) is 1.98. The molecule has 0 atom stereocenters. The van der Waals surface area contributed by atoms with Gasteiger partial charge in [0.05, 0.1) is 6.54 Å². The lowest BCUT2D eigenvalue weighted by Gasteiger charge is -2.13. The van der Waals surface area contributed by atoms with Gasteiger partial charge in [0.15, 0.2) is 5.96 Å². The predicted molar refractivity (Wildman–Crippen MR) is 115 cm³/mol. The number of guanidine groups is 1. The van der Waals surface area contributed by atoms with E-state index >= 15 is 0 Å². The molecule has 0 aliphatic carbocycles. The largest absolute Gasteiger partial charge is 0.492 e. The molecule has 6 nitrogen and oxygen atoms in total. The molecule has 0 saturated carbocycles. The molecule has 25 heavy (non-hydrogen) atoms. The van der Waals surface area contributed by atoms with Gasteiger partial charge in [0, 0.05) is 31.8 Å². The number of ether oxygens (including phenoxy) is 1. The van der Waals surface area contributed by atoms with E-state index in [0.717, 1.165) is 36.9 Å². The zero-order chi connectivity index (χ0) is 17.8. The standard InChI is InChI=1S/C18H30N4O2.HI/c1-5-19-18(20-10-9-14(2)3)21-11-12-24-17-8-6-7-16(13-17)22-15(4)23;/h6-8,13-14H,5,9-12H2,1-4H3,(H,22,23)(H2,19,20,21);1H. The summed E-state index contributed by atoms with van der Waals surface area (Å²) in [5, 5.41) is 9.22. The minimum atomic E-state index is -0.0956. The van der Waals surface area contributed by atoms with Crippen LogP contribution in [0.3, 0.4) is 0 Å². The first kappa shape index (κ1) is 23.5. The van der Waals surface area contributed by atoms with E-state index in [-0.39, 0.29) is 29.9 Å². The van der Waals surface area contributed by atoms with Gasteiger partial charge in [-0.2, -0.15) is 0 Å². The van der Waals surface area contributed by atoms with Crippen molar-refractivity contribution in [2.24, 2.45) is 10.9 Å². The number of nitrogens with one attached hydrogen (secondary N) is 3. The van der Waals surface area contributed by atoms with Gasteiger partial charge in [-0.1, -0.05) is 19.9 Å². The van der Waals surface area contributed by atoms with Gasteiger partial charge >= 0.3 is 0 Å². The molecule has 0 aromatic heterocycles. The summed E-state index contributed by atoms with van der Waals surface area (Å²) in [5.41, 5.74) is 0.733. The van der Waals surface area contributed by atoms with Gasteiger partial charge in [0.25, 0.3) is 0 Å². The van der Waals surface area contributed by atoms with E-state index < -0.39 is 0 Å². The number of hydrogen-bond acceptors (Lipinski definition) is 3. The Morgan fingerprint density at radius 1 is 1.28 bits per heavy atom. The number of carbonyl (C=O) groups excluding carboxylic acids is 1. The van der Waals surface area contributed by atoms with Crippen molar-refractivity contribution in [3.05, 3.63) is 24.3 Å². The number of halogens is 1. The topological polar surface area (TPSA) is 74.8 Å². The van der Waals surface area contributed by atoms with Gasteiger partial charge in [0.2, 0.25) is 5.91 Å². The van der Waals surface area contributed by atoms with Crippen molar-refractivity contribution in [1.82, 2.24) is 10.6 Å².